The van der Waals surface area contributed by atoms with Gasteiger partial charge in [0.2, 0.25) is 0 Å². The third kappa shape index (κ3) is 3.61. The van der Waals surface area contributed by atoms with Crippen molar-refractivity contribution < 1.29 is 19.0 Å². The number of aromatic nitrogens is 1. The second kappa shape index (κ2) is 7.32. The molecule has 0 unspecified atom stereocenters. The quantitative estimate of drug-likeness (QED) is 0.555. The molecule has 0 bridgehead atoms. The minimum absolute atomic E-state index is 0.417. The summed E-state index contributed by atoms with van der Waals surface area (Å²) in [5.41, 5.74) is 2.52. The molecular formula is C21H22N2O4. The number of ether oxygens (including phenoxy) is 3. The van der Waals surface area contributed by atoms with Crippen LogP contribution in [0.3, 0.4) is 0 Å². The molecule has 4 rings (SSSR count). The topological polar surface area (TPSA) is 63.8 Å². The predicted octanol–water partition coefficient (Wildman–Crippen LogP) is 3.26. The van der Waals surface area contributed by atoms with Gasteiger partial charge in [0.1, 0.15) is 19.0 Å². The van der Waals surface area contributed by atoms with Crippen molar-refractivity contribution >= 4 is 16.9 Å². The number of carbonyl (C=O) groups excluding carboxylic acids is 1. The summed E-state index contributed by atoms with van der Waals surface area (Å²) in [6.07, 6.45) is 2.85. The lowest BCUT2D eigenvalue weighted by molar-refractivity contribution is 0.0736. The summed E-state index contributed by atoms with van der Waals surface area (Å²) in [5, 5.41) is 0.949. The molecule has 0 saturated carbocycles. The fourth-order valence-corrected chi connectivity index (χ4v) is 3.18. The fraction of sp³-hybridized carbons (Fsp3) is 0.286. The molecular weight excluding hydrogens is 344 g/mol. The number of aromatic amines is 1. The van der Waals surface area contributed by atoms with Gasteiger partial charge < -0.3 is 24.1 Å². The van der Waals surface area contributed by atoms with Gasteiger partial charge in [-0.2, -0.15) is 0 Å². The Labute approximate surface area is 157 Å². The van der Waals surface area contributed by atoms with Crippen LogP contribution in [0.5, 0.6) is 17.2 Å². The van der Waals surface area contributed by atoms with Crippen LogP contribution in [0.1, 0.15) is 15.9 Å². The molecule has 6 nitrogen and oxygen atoms in total. The van der Waals surface area contributed by atoms with Crippen molar-refractivity contribution in [2.75, 3.05) is 33.9 Å². The molecule has 0 amide bonds. The Balaban J connectivity index is 1.61. The third-order valence-electron chi connectivity index (χ3n) is 4.56. The SMILES string of the molecule is CN(C)CCc1c[nH]c2cccc(OC(=O)c3ccc4c(c3)OCCO4)c12. The summed E-state index contributed by atoms with van der Waals surface area (Å²) >= 11 is 0. The number of fused-ring (bicyclic) bond motifs is 2. The van der Waals surface area contributed by atoms with Crippen LogP contribution in [-0.4, -0.2) is 49.7 Å². The second-order valence-corrected chi connectivity index (χ2v) is 6.79. The molecule has 1 aliphatic heterocycles. The van der Waals surface area contributed by atoms with Crippen molar-refractivity contribution in [1.82, 2.24) is 9.88 Å². The molecule has 140 valence electrons. The first-order valence-corrected chi connectivity index (χ1v) is 8.97. The highest BCUT2D eigenvalue weighted by molar-refractivity contribution is 5.96. The Morgan fingerprint density at radius 1 is 1.15 bits per heavy atom. The Morgan fingerprint density at radius 2 is 1.96 bits per heavy atom. The summed E-state index contributed by atoms with van der Waals surface area (Å²) in [6, 6.07) is 10.8. The monoisotopic (exact) mass is 366 g/mol. The van der Waals surface area contributed by atoms with Gasteiger partial charge in [-0.1, -0.05) is 6.07 Å². The maximum absolute atomic E-state index is 12.7. The summed E-state index contributed by atoms with van der Waals surface area (Å²) in [6.45, 7) is 1.91. The van der Waals surface area contributed by atoms with Crippen LogP contribution in [0.2, 0.25) is 0 Å². The number of likely N-dealkylation sites (N-methyl/N-ethyl adjacent to an activating group) is 1. The highest BCUT2D eigenvalue weighted by Crippen LogP contribution is 2.33. The first kappa shape index (κ1) is 17.4. The van der Waals surface area contributed by atoms with Crippen LogP contribution in [0.25, 0.3) is 10.9 Å². The molecule has 6 heteroatoms. The van der Waals surface area contributed by atoms with Gasteiger partial charge >= 0.3 is 5.97 Å². The number of hydrogen-bond donors (Lipinski definition) is 1. The highest BCUT2D eigenvalue weighted by atomic mass is 16.6. The average Bonchev–Trinajstić information content (AvgIpc) is 3.10. The normalized spacial score (nSPS) is 13.1. The lowest BCUT2D eigenvalue weighted by atomic mass is 10.1. The van der Waals surface area contributed by atoms with Gasteiger partial charge in [-0.05, 0) is 56.4 Å². The molecule has 0 radical (unpaired) electrons. The number of rotatable bonds is 5. The number of esters is 1. The molecule has 0 atom stereocenters. The Hall–Kier alpha value is -2.99. The molecule has 0 spiro atoms. The number of hydrogen-bond acceptors (Lipinski definition) is 5. The van der Waals surface area contributed by atoms with Crippen LogP contribution < -0.4 is 14.2 Å². The number of benzene rings is 2. The summed E-state index contributed by atoms with van der Waals surface area (Å²) in [5.74, 6) is 1.36. The van der Waals surface area contributed by atoms with Gasteiger partial charge in [0.15, 0.2) is 11.5 Å². The predicted molar refractivity (Wildman–Crippen MR) is 103 cm³/mol. The minimum atomic E-state index is -0.417. The van der Waals surface area contributed by atoms with Gasteiger partial charge in [0.25, 0.3) is 0 Å². The molecule has 2 aromatic carbocycles. The van der Waals surface area contributed by atoms with Crippen molar-refractivity contribution in [3.8, 4) is 17.2 Å². The van der Waals surface area contributed by atoms with E-state index in [0.29, 0.717) is 36.0 Å². The molecule has 0 fully saturated rings. The van der Waals surface area contributed by atoms with E-state index in [1.54, 1.807) is 18.2 Å². The van der Waals surface area contributed by atoms with E-state index in [4.69, 9.17) is 14.2 Å². The minimum Gasteiger partial charge on any atom is -0.486 e. The number of carbonyl (C=O) groups is 1. The molecule has 0 aliphatic carbocycles. The first-order valence-electron chi connectivity index (χ1n) is 8.97. The van der Waals surface area contributed by atoms with Crippen molar-refractivity contribution in [3.05, 3.63) is 53.7 Å². The van der Waals surface area contributed by atoms with E-state index in [2.05, 4.69) is 9.88 Å². The lowest BCUT2D eigenvalue weighted by Gasteiger charge is -2.18. The van der Waals surface area contributed by atoms with E-state index < -0.39 is 5.97 Å². The molecule has 1 N–H and O–H groups in total. The Morgan fingerprint density at radius 3 is 2.78 bits per heavy atom. The van der Waals surface area contributed by atoms with Gasteiger partial charge in [-0.25, -0.2) is 4.79 Å². The summed E-state index contributed by atoms with van der Waals surface area (Å²) in [7, 11) is 4.08. The number of H-pyrrole nitrogens is 1. The van der Waals surface area contributed by atoms with Crippen LogP contribution in [0.4, 0.5) is 0 Å². The summed E-state index contributed by atoms with van der Waals surface area (Å²) in [4.78, 5) is 18.1. The molecule has 27 heavy (non-hydrogen) atoms. The van der Waals surface area contributed by atoms with Crippen LogP contribution in [-0.2, 0) is 6.42 Å². The number of nitrogens with one attached hydrogen (secondary N) is 1. The van der Waals surface area contributed by atoms with E-state index in [1.165, 1.54) is 0 Å². The molecule has 2 heterocycles. The van der Waals surface area contributed by atoms with Crippen LogP contribution >= 0.6 is 0 Å². The zero-order valence-corrected chi connectivity index (χ0v) is 15.5. The van der Waals surface area contributed by atoms with E-state index in [1.807, 2.05) is 38.5 Å². The molecule has 1 aromatic heterocycles. The maximum atomic E-state index is 12.7. The van der Waals surface area contributed by atoms with Gasteiger partial charge in [0, 0.05) is 23.6 Å². The van der Waals surface area contributed by atoms with Gasteiger partial charge in [0.05, 0.1) is 5.56 Å². The second-order valence-electron chi connectivity index (χ2n) is 6.79. The molecule has 3 aromatic rings. The largest absolute Gasteiger partial charge is 0.486 e. The van der Waals surface area contributed by atoms with Crippen molar-refractivity contribution in [2.24, 2.45) is 0 Å². The van der Waals surface area contributed by atoms with Crippen LogP contribution in [0, 0.1) is 0 Å². The molecule has 0 saturated heterocycles. The Bertz CT molecular complexity index is 977. The van der Waals surface area contributed by atoms with E-state index in [0.717, 1.165) is 29.4 Å². The van der Waals surface area contributed by atoms with E-state index in [-0.39, 0.29) is 0 Å². The fourth-order valence-electron chi connectivity index (χ4n) is 3.18. The standard InChI is InChI=1S/C21H22N2O4/c1-23(2)9-8-15-13-22-16-4-3-5-18(20(15)16)27-21(24)14-6-7-17-19(12-14)26-11-10-25-17/h3-7,12-13,22H,8-11H2,1-2H3. The highest BCUT2D eigenvalue weighted by Gasteiger charge is 2.18. The molecule has 1 aliphatic rings. The smallest absolute Gasteiger partial charge is 0.343 e. The van der Waals surface area contributed by atoms with E-state index in [9.17, 15) is 4.79 Å². The van der Waals surface area contributed by atoms with Crippen molar-refractivity contribution in [1.29, 1.82) is 0 Å². The maximum Gasteiger partial charge on any atom is 0.343 e. The summed E-state index contributed by atoms with van der Waals surface area (Å²) < 4.78 is 16.8. The van der Waals surface area contributed by atoms with Gasteiger partial charge in [-0.3, -0.25) is 0 Å². The van der Waals surface area contributed by atoms with Crippen LogP contribution in [0.15, 0.2) is 42.6 Å². The number of nitrogens with zero attached hydrogens (tertiary/aromatic N) is 1. The lowest BCUT2D eigenvalue weighted by Crippen LogP contribution is -2.16. The van der Waals surface area contributed by atoms with Gasteiger partial charge in [-0.15, -0.1) is 0 Å². The zero-order chi connectivity index (χ0) is 18.8. The van der Waals surface area contributed by atoms with E-state index >= 15 is 0 Å². The average molecular weight is 366 g/mol. The van der Waals surface area contributed by atoms with Crippen molar-refractivity contribution in [2.45, 2.75) is 6.42 Å². The zero-order valence-electron chi connectivity index (χ0n) is 15.5. The third-order valence-corrected chi connectivity index (χ3v) is 4.56. The van der Waals surface area contributed by atoms with Crippen molar-refractivity contribution in [3.63, 3.8) is 0 Å². The first-order chi connectivity index (χ1) is 13.1. The Kier molecular flexibility index (Phi) is 4.73.